The maximum atomic E-state index is 11.9. The minimum atomic E-state index is -0.767. The normalized spacial score (nSPS) is 29.0. The third-order valence-corrected chi connectivity index (χ3v) is 4.91. The SMILES string of the molecule is CC1CCc2ccccc2N1CC1(C(=O)O)CCCOC1. The highest BCUT2D eigenvalue weighted by Crippen LogP contribution is 2.36. The highest BCUT2D eigenvalue weighted by Gasteiger charge is 2.43. The van der Waals surface area contributed by atoms with E-state index >= 15 is 0 Å². The van der Waals surface area contributed by atoms with Gasteiger partial charge in [0, 0.05) is 24.9 Å². The van der Waals surface area contributed by atoms with Crippen molar-refractivity contribution >= 4 is 11.7 Å². The molecule has 0 radical (unpaired) electrons. The quantitative estimate of drug-likeness (QED) is 0.929. The van der Waals surface area contributed by atoms with E-state index < -0.39 is 11.4 Å². The molecule has 2 unspecified atom stereocenters. The standard InChI is InChI=1S/C17H23NO3/c1-13-7-8-14-5-2-3-6-15(14)18(13)11-17(16(19)20)9-4-10-21-12-17/h2-3,5-6,13H,4,7-12H2,1H3,(H,19,20). The highest BCUT2D eigenvalue weighted by atomic mass is 16.5. The van der Waals surface area contributed by atoms with Gasteiger partial charge in [0.15, 0.2) is 0 Å². The summed E-state index contributed by atoms with van der Waals surface area (Å²) in [5, 5.41) is 9.75. The molecule has 1 aromatic carbocycles. The van der Waals surface area contributed by atoms with Gasteiger partial charge in [0.1, 0.15) is 5.41 Å². The first-order chi connectivity index (χ1) is 10.1. The Balaban J connectivity index is 1.90. The van der Waals surface area contributed by atoms with E-state index in [1.807, 2.05) is 6.07 Å². The van der Waals surface area contributed by atoms with Crippen molar-refractivity contribution in [2.45, 2.75) is 38.6 Å². The van der Waals surface area contributed by atoms with E-state index in [1.54, 1.807) is 0 Å². The smallest absolute Gasteiger partial charge is 0.313 e. The molecule has 0 bridgehead atoms. The first kappa shape index (κ1) is 14.4. The Kier molecular flexibility index (Phi) is 3.89. The van der Waals surface area contributed by atoms with E-state index in [-0.39, 0.29) is 0 Å². The highest BCUT2D eigenvalue weighted by molar-refractivity contribution is 5.76. The number of fused-ring (bicyclic) bond motifs is 1. The number of carboxylic acids is 1. The first-order valence-corrected chi connectivity index (χ1v) is 7.78. The summed E-state index contributed by atoms with van der Waals surface area (Å²) in [6.07, 6.45) is 3.68. The van der Waals surface area contributed by atoms with Gasteiger partial charge in [0.25, 0.3) is 0 Å². The predicted molar refractivity (Wildman–Crippen MR) is 81.7 cm³/mol. The maximum absolute atomic E-state index is 11.9. The van der Waals surface area contributed by atoms with Crippen molar-refractivity contribution in [2.24, 2.45) is 5.41 Å². The monoisotopic (exact) mass is 289 g/mol. The van der Waals surface area contributed by atoms with E-state index in [1.165, 1.54) is 11.3 Å². The van der Waals surface area contributed by atoms with Crippen LogP contribution >= 0.6 is 0 Å². The topological polar surface area (TPSA) is 49.8 Å². The number of ether oxygens (including phenoxy) is 1. The van der Waals surface area contributed by atoms with Gasteiger partial charge in [-0.25, -0.2) is 0 Å². The van der Waals surface area contributed by atoms with Gasteiger partial charge in [-0.1, -0.05) is 18.2 Å². The van der Waals surface area contributed by atoms with E-state index in [9.17, 15) is 9.90 Å². The molecule has 0 amide bonds. The molecule has 1 fully saturated rings. The fraction of sp³-hybridized carbons (Fsp3) is 0.588. The Bertz CT molecular complexity index is 523. The molecule has 2 aliphatic rings. The molecule has 4 nitrogen and oxygen atoms in total. The number of aliphatic carboxylic acids is 1. The second-order valence-electron chi connectivity index (χ2n) is 6.39. The van der Waals surface area contributed by atoms with Gasteiger partial charge >= 0.3 is 5.97 Å². The molecule has 0 saturated carbocycles. The van der Waals surface area contributed by atoms with Crippen LogP contribution in [0, 0.1) is 5.41 Å². The van der Waals surface area contributed by atoms with Crippen LogP contribution in [0.4, 0.5) is 5.69 Å². The summed E-state index contributed by atoms with van der Waals surface area (Å²) >= 11 is 0. The first-order valence-electron chi connectivity index (χ1n) is 7.78. The molecular weight excluding hydrogens is 266 g/mol. The summed E-state index contributed by atoms with van der Waals surface area (Å²) in [4.78, 5) is 14.1. The number of benzene rings is 1. The molecule has 0 spiro atoms. The van der Waals surface area contributed by atoms with Gasteiger partial charge < -0.3 is 14.7 Å². The van der Waals surface area contributed by atoms with Crippen molar-refractivity contribution in [1.29, 1.82) is 0 Å². The fourth-order valence-electron chi connectivity index (χ4n) is 3.54. The Morgan fingerprint density at radius 1 is 1.48 bits per heavy atom. The molecule has 2 aliphatic heterocycles. The number of hydrogen-bond donors (Lipinski definition) is 1. The van der Waals surface area contributed by atoms with Crippen LogP contribution in [0.1, 0.15) is 31.7 Å². The fourth-order valence-corrected chi connectivity index (χ4v) is 3.54. The number of carbonyl (C=O) groups is 1. The van der Waals surface area contributed by atoms with Gasteiger partial charge in [-0.15, -0.1) is 0 Å². The van der Waals surface area contributed by atoms with Crippen LogP contribution in [0.15, 0.2) is 24.3 Å². The van der Waals surface area contributed by atoms with Crippen LogP contribution in [-0.2, 0) is 16.0 Å². The summed E-state index contributed by atoms with van der Waals surface area (Å²) in [5.74, 6) is -0.725. The van der Waals surface area contributed by atoms with Crippen LogP contribution in [-0.4, -0.2) is 36.9 Å². The van der Waals surface area contributed by atoms with Gasteiger partial charge in [0.05, 0.1) is 6.61 Å². The van der Waals surface area contributed by atoms with Gasteiger partial charge in [0.2, 0.25) is 0 Å². The van der Waals surface area contributed by atoms with Gasteiger partial charge in [-0.2, -0.15) is 0 Å². The van der Waals surface area contributed by atoms with Crippen molar-refractivity contribution in [3.8, 4) is 0 Å². The molecule has 2 heterocycles. The second-order valence-corrected chi connectivity index (χ2v) is 6.39. The van der Waals surface area contributed by atoms with Crippen molar-refractivity contribution in [3.63, 3.8) is 0 Å². The number of para-hydroxylation sites is 1. The largest absolute Gasteiger partial charge is 0.481 e. The molecule has 0 aliphatic carbocycles. The number of carboxylic acid groups (broad SMARTS) is 1. The van der Waals surface area contributed by atoms with E-state index in [0.717, 1.165) is 19.3 Å². The zero-order chi connectivity index (χ0) is 14.9. The average molecular weight is 289 g/mol. The second kappa shape index (κ2) is 5.68. The zero-order valence-corrected chi connectivity index (χ0v) is 12.5. The van der Waals surface area contributed by atoms with Crippen LogP contribution in [0.3, 0.4) is 0 Å². The van der Waals surface area contributed by atoms with Crippen molar-refractivity contribution in [1.82, 2.24) is 0 Å². The van der Waals surface area contributed by atoms with E-state index in [0.29, 0.717) is 32.2 Å². The minimum Gasteiger partial charge on any atom is -0.481 e. The summed E-state index contributed by atoms with van der Waals surface area (Å²) in [6, 6.07) is 8.74. The Hall–Kier alpha value is -1.55. The van der Waals surface area contributed by atoms with Gasteiger partial charge in [-0.05, 0) is 44.2 Å². The summed E-state index contributed by atoms with van der Waals surface area (Å²) in [6.45, 7) is 3.74. The molecule has 0 aromatic heterocycles. The molecular formula is C17H23NO3. The Morgan fingerprint density at radius 2 is 2.29 bits per heavy atom. The Morgan fingerprint density at radius 3 is 3.00 bits per heavy atom. The van der Waals surface area contributed by atoms with Crippen LogP contribution in [0.25, 0.3) is 0 Å². The van der Waals surface area contributed by atoms with Crippen LogP contribution in [0.5, 0.6) is 0 Å². The minimum absolute atomic E-state index is 0.327. The lowest BCUT2D eigenvalue weighted by Crippen LogP contribution is -2.52. The number of nitrogens with zero attached hydrogens (tertiary/aromatic N) is 1. The molecule has 2 atom stereocenters. The number of rotatable bonds is 3. The summed E-state index contributed by atoms with van der Waals surface area (Å²) in [5.41, 5.74) is 1.76. The number of anilines is 1. The van der Waals surface area contributed by atoms with Crippen LogP contribution in [0.2, 0.25) is 0 Å². The lowest BCUT2D eigenvalue weighted by Gasteiger charge is -2.43. The number of aryl methyl sites for hydroxylation is 1. The third-order valence-electron chi connectivity index (χ3n) is 4.91. The van der Waals surface area contributed by atoms with Gasteiger partial charge in [-0.3, -0.25) is 4.79 Å². The lowest BCUT2D eigenvalue weighted by atomic mass is 9.80. The van der Waals surface area contributed by atoms with Crippen molar-refractivity contribution < 1.29 is 14.6 Å². The average Bonchev–Trinajstić information content (AvgIpc) is 2.51. The lowest BCUT2D eigenvalue weighted by molar-refractivity contribution is -0.156. The summed E-state index contributed by atoms with van der Waals surface area (Å²) in [7, 11) is 0. The van der Waals surface area contributed by atoms with E-state index in [2.05, 4.69) is 30.0 Å². The molecule has 1 aromatic rings. The Labute approximate surface area is 125 Å². The molecule has 1 N–H and O–H groups in total. The molecule has 4 heteroatoms. The third kappa shape index (κ3) is 2.64. The predicted octanol–water partition coefficient (Wildman–Crippen LogP) is 2.71. The maximum Gasteiger partial charge on any atom is 0.313 e. The zero-order valence-electron chi connectivity index (χ0n) is 12.5. The summed E-state index contributed by atoms with van der Waals surface area (Å²) < 4.78 is 5.50. The van der Waals surface area contributed by atoms with E-state index in [4.69, 9.17) is 4.74 Å². The molecule has 21 heavy (non-hydrogen) atoms. The molecule has 114 valence electrons. The van der Waals surface area contributed by atoms with Crippen molar-refractivity contribution in [3.05, 3.63) is 29.8 Å². The van der Waals surface area contributed by atoms with Crippen molar-refractivity contribution in [2.75, 3.05) is 24.7 Å². The molecule has 3 rings (SSSR count). The number of hydrogen-bond acceptors (Lipinski definition) is 3. The molecule has 1 saturated heterocycles. The van der Waals surface area contributed by atoms with Crippen LogP contribution < -0.4 is 4.90 Å².